The van der Waals surface area contributed by atoms with E-state index < -0.39 is 0 Å². The molecule has 266 valence electrons. The number of hydrogen-bond acceptors (Lipinski definition) is 3. The maximum atomic E-state index is 6.98. The minimum atomic E-state index is 0.700. The zero-order valence-electron chi connectivity index (χ0n) is 30.7. The van der Waals surface area contributed by atoms with Crippen molar-refractivity contribution in [2.45, 2.75) is 0 Å². The Morgan fingerprint density at radius 2 is 0.842 bits per heavy atom. The quantitative estimate of drug-likeness (QED) is 0.177. The van der Waals surface area contributed by atoms with Crippen molar-refractivity contribution in [3.8, 4) is 45.3 Å². The minimum absolute atomic E-state index is 0.700. The van der Waals surface area contributed by atoms with Crippen molar-refractivity contribution in [1.29, 1.82) is 0 Å². The highest BCUT2D eigenvalue weighted by Crippen LogP contribution is 2.49. The summed E-state index contributed by atoms with van der Waals surface area (Å²) in [6.45, 7) is 0. The first-order chi connectivity index (χ1) is 28.3. The highest BCUT2D eigenvalue weighted by molar-refractivity contribution is 6.39. The number of hydrogen-bond donors (Lipinski definition) is 0. The fourth-order valence-corrected chi connectivity index (χ4v) is 8.85. The first kappa shape index (κ1) is 31.6. The first-order valence-electron chi connectivity index (χ1n) is 19.3. The molecule has 4 heterocycles. The standard InChI is InChI=1S/C52H32N4O/c1-4-16-33(17-5-1)41-32-42(54-52(53-41)35-18-6-2-7-19-35)34-28-30-37(31-29-34)55-43-25-13-10-22-38(43)46-47-39-23-11-14-26-44(39)56(36-20-8-3-9-21-36)50(47)51-48(49(46)55)40-24-12-15-27-45(40)57-51/h1-32H. The number of benzene rings is 8. The van der Waals surface area contributed by atoms with Gasteiger partial charge >= 0.3 is 0 Å². The Hall–Kier alpha value is -7.76. The molecule has 0 spiro atoms. The van der Waals surface area contributed by atoms with E-state index in [0.717, 1.165) is 83.5 Å². The van der Waals surface area contributed by atoms with Gasteiger partial charge in [-0.1, -0.05) is 146 Å². The molecule has 0 saturated heterocycles. The third kappa shape index (κ3) is 4.76. The van der Waals surface area contributed by atoms with Crippen molar-refractivity contribution < 1.29 is 4.42 Å². The zero-order valence-corrected chi connectivity index (χ0v) is 30.7. The predicted octanol–water partition coefficient (Wildman–Crippen LogP) is 13.6. The number of aromatic nitrogens is 4. The van der Waals surface area contributed by atoms with E-state index in [4.69, 9.17) is 14.4 Å². The molecule has 5 heteroatoms. The largest absolute Gasteiger partial charge is 0.454 e. The summed E-state index contributed by atoms with van der Waals surface area (Å²) in [5, 5.41) is 6.97. The van der Waals surface area contributed by atoms with Crippen LogP contribution < -0.4 is 0 Å². The molecule has 0 atom stereocenters. The van der Waals surface area contributed by atoms with Gasteiger partial charge in [-0.15, -0.1) is 0 Å². The number of para-hydroxylation sites is 4. The lowest BCUT2D eigenvalue weighted by atomic mass is 10.0. The molecule has 0 aliphatic heterocycles. The van der Waals surface area contributed by atoms with Crippen molar-refractivity contribution in [2.24, 2.45) is 0 Å². The molecule has 0 aliphatic rings. The lowest BCUT2D eigenvalue weighted by Gasteiger charge is -2.12. The molecule has 12 aromatic rings. The van der Waals surface area contributed by atoms with Crippen molar-refractivity contribution in [3.05, 3.63) is 194 Å². The fraction of sp³-hybridized carbons (Fsp3) is 0. The Labute approximate surface area is 327 Å². The molecule has 0 radical (unpaired) electrons. The van der Waals surface area contributed by atoms with Gasteiger partial charge in [0.15, 0.2) is 11.4 Å². The number of rotatable bonds is 5. The smallest absolute Gasteiger partial charge is 0.162 e. The van der Waals surface area contributed by atoms with Gasteiger partial charge in [-0.25, -0.2) is 9.97 Å². The summed E-state index contributed by atoms with van der Waals surface area (Å²) in [7, 11) is 0. The molecule has 57 heavy (non-hydrogen) atoms. The highest BCUT2D eigenvalue weighted by Gasteiger charge is 2.27. The van der Waals surface area contributed by atoms with Gasteiger partial charge in [0.25, 0.3) is 0 Å². The summed E-state index contributed by atoms with van der Waals surface area (Å²) in [6.07, 6.45) is 0. The van der Waals surface area contributed by atoms with Gasteiger partial charge < -0.3 is 13.6 Å². The van der Waals surface area contributed by atoms with Crippen molar-refractivity contribution in [1.82, 2.24) is 19.1 Å². The van der Waals surface area contributed by atoms with Crippen LogP contribution in [0.5, 0.6) is 0 Å². The van der Waals surface area contributed by atoms with Crippen LogP contribution in [0.15, 0.2) is 199 Å². The zero-order chi connectivity index (χ0) is 37.5. The Morgan fingerprint density at radius 3 is 1.49 bits per heavy atom. The van der Waals surface area contributed by atoms with Gasteiger partial charge in [0.1, 0.15) is 5.58 Å². The summed E-state index contributed by atoms with van der Waals surface area (Å²) >= 11 is 0. The maximum Gasteiger partial charge on any atom is 0.162 e. The molecule has 4 aromatic heterocycles. The third-order valence-electron chi connectivity index (χ3n) is 11.3. The summed E-state index contributed by atoms with van der Waals surface area (Å²) in [4.78, 5) is 10.1. The molecule has 0 saturated carbocycles. The monoisotopic (exact) mass is 728 g/mol. The molecule has 12 rings (SSSR count). The van der Waals surface area contributed by atoms with Crippen molar-refractivity contribution in [2.75, 3.05) is 0 Å². The van der Waals surface area contributed by atoms with Crippen LogP contribution >= 0.6 is 0 Å². The highest BCUT2D eigenvalue weighted by atomic mass is 16.3. The molecule has 0 N–H and O–H groups in total. The Bertz CT molecular complexity index is 3430. The Balaban J connectivity index is 1.16. The minimum Gasteiger partial charge on any atom is -0.454 e. The fourth-order valence-electron chi connectivity index (χ4n) is 8.85. The SMILES string of the molecule is c1ccc(-c2cc(-c3ccc(-n4c5ccccc5c5c6c7ccccc7n(-c7ccccc7)c6c6oc7ccccc7c6c54)cc3)nc(-c3ccccc3)n2)cc1. The molecule has 0 amide bonds. The van der Waals surface area contributed by atoms with E-state index in [1.807, 2.05) is 36.4 Å². The molecular weight excluding hydrogens is 697 g/mol. The maximum absolute atomic E-state index is 6.98. The van der Waals surface area contributed by atoms with Gasteiger partial charge in [-0.3, -0.25) is 0 Å². The van der Waals surface area contributed by atoms with Crippen molar-refractivity contribution in [3.63, 3.8) is 0 Å². The summed E-state index contributed by atoms with van der Waals surface area (Å²) in [6, 6.07) is 68.0. The van der Waals surface area contributed by atoms with Crippen LogP contribution in [0.4, 0.5) is 0 Å². The number of furan rings is 1. The third-order valence-corrected chi connectivity index (χ3v) is 11.3. The second kappa shape index (κ2) is 12.4. The molecule has 8 aromatic carbocycles. The Kier molecular flexibility index (Phi) is 6.86. The first-order valence-corrected chi connectivity index (χ1v) is 19.3. The van der Waals surface area contributed by atoms with E-state index in [2.05, 4.69) is 167 Å². The van der Waals surface area contributed by atoms with Crippen LogP contribution in [0, 0.1) is 0 Å². The van der Waals surface area contributed by atoms with E-state index in [0.29, 0.717) is 5.82 Å². The molecule has 0 bridgehead atoms. The lowest BCUT2D eigenvalue weighted by Crippen LogP contribution is -1.97. The number of fused-ring (bicyclic) bond motifs is 12. The van der Waals surface area contributed by atoms with Gasteiger partial charge in [-0.05, 0) is 48.5 Å². The molecule has 0 unspecified atom stereocenters. The van der Waals surface area contributed by atoms with Crippen LogP contribution in [0.3, 0.4) is 0 Å². The van der Waals surface area contributed by atoms with E-state index in [1.54, 1.807) is 0 Å². The van der Waals surface area contributed by atoms with Crippen molar-refractivity contribution >= 4 is 65.6 Å². The van der Waals surface area contributed by atoms with Crippen LogP contribution in [-0.4, -0.2) is 19.1 Å². The summed E-state index contributed by atoms with van der Waals surface area (Å²) in [5.74, 6) is 0.700. The van der Waals surface area contributed by atoms with Gasteiger partial charge in [-0.2, -0.15) is 0 Å². The van der Waals surface area contributed by atoms with Crippen LogP contribution in [0.25, 0.3) is 111 Å². The second-order valence-corrected chi connectivity index (χ2v) is 14.5. The molecular formula is C52H32N4O. The van der Waals surface area contributed by atoms with Crippen LogP contribution in [0.1, 0.15) is 0 Å². The average molecular weight is 729 g/mol. The van der Waals surface area contributed by atoms with Crippen LogP contribution in [-0.2, 0) is 0 Å². The van der Waals surface area contributed by atoms with Gasteiger partial charge in [0, 0.05) is 55.0 Å². The second-order valence-electron chi connectivity index (χ2n) is 14.5. The molecule has 0 aliphatic carbocycles. The van der Waals surface area contributed by atoms with E-state index >= 15 is 0 Å². The normalized spacial score (nSPS) is 11.9. The van der Waals surface area contributed by atoms with Gasteiger partial charge in [0.05, 0.1) is 38.8 Å². The predicted molar refractivity (Wildman–Crippen MR) is 234 cm³/mol. The molecule has 0 fully saturated rings. The topological polar surface area (TPSA) is 48.8 Å². The van der Waals surface area contributed by atoms with Gasteiger partial charge in [0.2, 0.25) is 0 Å². The van der Waals surface area contributed by atoms with Crippen LogP contribution in [0.2, 0.25) is 0 Å². The summed E-state index contributed by atoms with van der Waals surface area (Å²) < 4.78 is 11.8. The number of nitrogens with zero attached hydrogens (tertiary/aromatic N) is 4. The lowest BCUT2D eigenvalue weighted by molar-refractivity contribution is 0.671. The van der Waals surface area contributed by atoms with E-state index in [1.165, 1.54) is 21.5 Å². The van der Waals surface area contributed by atoms with E-state index in [9.17, 15) is 0 Å². The molecule has 5 nitrogen and oxygen atoms in total. The summed E-state index contributed by atoms with van der Waals surface area (Å²) in [5.41, 5.74) is 13.2. The Morgan fingerprint density at radius 1 is 0.368 bits per heavy atom. The average Bonchev–Trinajstić information content (AvgIpc) is 3.95. The van der Waals surface area contributed by atoms with E-state index in [-0.39, 0.29) is 0 Å².